The van der Waals surface area contributed by atoms with Gasteiger partial charge in [0, 0.05) is 13.8 Å². The number of halogens is 2. The van der Waals surface area contributed by atoms with Crippen LogP contribution in [0.15, 0.2) is 0 Å². The molecule has 7 heteroatoms. The van der Waals surface area contributed by atoms with Crippen LogP contribution in [0.25, 0.3) is 0 Å². The van der Waals surface area contributed by atoms with Crippen molar-refractivity contribution in [3.63, 3.8) is 0 Å². The fraction of sp³-hybridized carbons (Fsp3) is 0.800. The number of hydrogen-bond acceptors (Lipinski definition) is 5. The molecule has 1 aliphatic heterocycles. The molecule has 1 unspecified atom stereocenters. The molecular formula is C10H14BrFO5. The van der Waals surface area contributed by atoms with E-state index in [0.29, 0.717) is 0 Å². The lowest BCUT2D eigenvalue weighted by Crippen LogP contribution is -2.56. The molecule has 0 N–H and O–H groups in total. The van der Waals surface area contributed by atoms with Gasteiger partial charge in [-0.05, 0) is 6.92 Å². The number of carbonyl (C=O) groups excluding carboxylic acids is 2. The summed E-state index contributed by atoms with van der Waals surface area (Å²) in [4.78, 5) is 21.8. The minimum Gasteiger partial charge on any atom is -0.456 e. The molecule has 17 heavy (non-hydrogen) atoms. The van der Waals surface area contributed by atoms with Crippen molar-refractivity contribution in [2.75, 3.05) is 0 Å². The highest BCUT2D eigenvalue weighted by Crippen LogP contribution is 2.30. The van der Waals surface area contributed by atoms with E-state index < -0.39 is 41.4 Å². The van der Waals surface area contributed by atoms with Crippen molar-refractivity contribution in [3.05, 3.63) is 0 Å². The molecule has 0 amide bonds. The number of hydrogen-bond donors (Lipinski definition) is 0. The SMILES string of the molecule is CC(=O)O[C@@H]1[C@H](OC(C)=O)[C@H](C)OC(Br)[C@H]1F. The molecule has 1 rings (SSSR count). The second-order valence-electron chi connectivity index (χ2n) is 3.78. The second-order valence-corrected chi connectivity index (χ2v) is 4.69. The average molecular weight is 313 g/mol. The van der Waals surface area contributed by atoms with Gasteiger partial charge in [0.2, 0.25) is 0 Å². The molecule has 0 spiro atoms. The van der Waals surface area contributed by atoms with Crippen LogP contribution < -0.4 is 0 Å². The lowest BCUT2D eigenvalue weighted by atomic mass is 10.0. The Morgan fingerprint density at radius 1 is 1.18 bits per heavy atom. The fourth-order valence-corrected chi connectivity index (χ4v) is 2.27. The molecule has 5 atom stereocenters. The van der Waals surface area contributed by atoms with Gasteiger partial charge in [0.25, 0.3) is 0 Å². The zero-order valence-corrected chi connectivity index (χ0v) is 11.3. The molecular weight excluding hydrogens is 299 g/mol. The Morgan fingerprint density at radius 3 is 2.12 bits per heavy atom. The Labute approximate surface area is 107 Å². The summed E-state index contributed by atoms with van der Waals surface area (Å²) in [5.41, 5.74) is 0. The molecule has 0 bridgehead atoms. The largest absolute Gasteiger partial charge is 0.456 e. The number of rotatable bonds is 2. The molecule has 98 valence electrons. The van der Waals surface area contributed by atoms with Crippen molar-refractivity contribution in [2.24, 2.45) is 0 Å². The quantitative estimate of drug-likeness (QED) is 0.568. The Kier molecular flexibility index (Phi) is 4.88. The summed E-state index contributed by atoms with van der Waals surface area (Å²) in [7, 11) is 0. The van der Waals surface area contributed by atoms with Gasteiger partial charge >= 0.3 is 11.9 Å². The van der Waals surface area contributed by atoms with Crippen LogP contribution in [0.2, 0.25) is 0 Å². The van der Waals surface area contributed by atoms with Gasteiger partial charge in [-0.2, -0.15) is 0 Å². The first-order chi connectivity index (χ1) is 7.82. The van der Waals surface area contributed by atoms with Crippen LogP contribution in [0.3, 0.4) is 0 Å². The summed E-state index contributed by atoms with van der Waals surface area (Å²) in [5.74, 6) is -1.22. The maximum absolute atomic E-state index is 13.8. The van der Waals surface area contributed by atoms with E-state index in [-0.39, 0.29) is 0 Å². The summed E-state index contributed by atoms with van der Waals surface area (Å²) >= 11 is 2.99. The van der Waals surface area contributed by atoms with Gasteiger partial charge < -0.3 is 14.2 Å². The molecule has 0 aromatic heterocycles. The van der Waals surface area contributed by atoms with E-state index in [0.717, 1.165) is 0 Å². The maximum Gasteiger partial charge on any atom is 0.303 e. The van der Waals surface area contributed by atoms with Gasteiger partial charge in [-0.25, -0.2) is 4.39 Å². The van der Waals surface area contributed by atoms with E-state index in [9.17, 15) is 14.0 Å². The monoisotopic (exact) mass is 312 g/mol. The van der Waals surface area contributed by atoms with Crippen LogP contribution in [0, 0.1) is 0 Å². The van der Waals surface area contributed by atoms with E-state index in [2.05, 4.69) is 15.9 Å². The number of alkyl halides is 2. The minimum absolute atomic E-state index is 0.570. The second kappa shape index (κ2) is 5.77. The van der Waals surface area contributed by atoms with Crippen LogP contribution in [0.1, 0.15) is 20.8 Å². The van der Waals surface area contributed by atoms with Gasteiger partial charge in [0.05, 0.1) is 6.10 Å². The third-order valence-corrected chi connectivity index (χ3v) is 3.02. The van der Waals surface area contributed by atoms with Crippen molar-refractivity contribution in [1.82, 2.24) is 0 Å². The van der Waals surface area contributed by atoms with Crippen LogP contribution in [-0.4, -0.2) is 41.4 Å². The van der Waals surface area contributed by atoms with Crippen molar-refractivity contribution in [3.8, 4) is 0 Å². The molecule has 1 aliphatic rings. The highest BCUT2D eigenvalue weighted by atomic mass is 79.9. The molecule has 0 radical (unpaired) electrons. The predicted octanol–water partition coefficient (Wildman–Crippen LogP) is 1.33. The molecule has 0 aliphatic carbocycles. The van der Waals surface area contributed by atoms with E-state index in [1.165, 1.54) is 13.8 Å². The van der Waals surface area contributed by atoms with Gasteiger partial charge in [-0.3, -0.25) is 9.59 Å². The lowest BCUT2D eigenvalue weighted by Gasteiger charge is -2.39. The zero-order chi connectivity index (χ0) is 13.2. The van der Waals surface area contributed by atoms with Crippen LogP contribution in [-0.2, 0) is 23.8 Å². The Hall–Kier alpha value is -0.690. The van der Waals surface area contributed by atoms with Crippen molar-refractivity contribution in [1.29, 1.82) is 0 Å². The van der Waals surface area contributed by atoms with E-state index in [4.69, 9.17) is 14.2 Å². The molecule has 0 aromatic rings. The zero-order valence-electron chi connectivity index (χ0n) is 9.68. The Morgan fingerprint density at radius 2 is 1.65 bits per heavy atom. The molecule has 0 saturated carbocycles. The lowest BCUT2D eigenvalue weighted by molar-refractivity contribution is -0.209. The predicted molar refractivity (Wildman–Crippen MR) is 59.3 cm³/mol. The van der Waals surface area contributed by atoms with Crippen LogP contribution in [0.5, 0.6) is 0 Å². The third kappa shape index (κ3) is 3.64. The normalized spacial score (nSPS) is 37.4. The first kappa shape index (κ1) is 14.4. The van der Waals surface area contributed by atoms with Crippen LogP contribution >= 0.6 is 15.9 Å². The van der Waals surface area contributed by atoms with Crippen molar-refractivity contribution in [2.45, 2.75) is 50.3 Å². The maximum atomic E-state index is 13.8. The summed E-state index contributed by atoms with van der Waals surface area (Å²) in [5, 5.41) is -0.895. The highest BCUT2D eigenvalue weighted by Gasteiger charge is 2.47. The third-order valence-electron chi connectivity index (χ3n) is 2.30. The van der Waals surface area contributed by atoms with E-state index in [1.54, 1.807) is 6.92 Å². The first-order valence-electron chi connectivity index (χ1n) is 5.11. The van der Waals surface area contributed by atoms with Gasteiger partial charge in [0.1, 0.15) is 5.01 Å². The first-order valence-corrected chi connectivity index (χ1v) is 6.02. The van der Waals surface area contributed by atoms with E-state index in [1.807, 2.05) is 0 Å². The van der Waals surface area contributed by atoms with E-state index >= 15 is 0 Å². The molecule has 5 nitrogen and oxygen atoms in total. The summed E-state index contributed by atoms with van der Waals surface area (Å²) in [6.07, 6.45) is -4.27. The molecule has 1 saturated heterocycles. The smallest absolute Gasteiger partial charge is 0.303 e. The number of ether oxygens (including phenoxy) is 3. The minimum atomic E-state index is -1.60. The number of carbonyl (C=O) groups is 2. The van der Waals surface area contributed by atoms with Crippen molar-refractivity contribution >= 4 is 27.9 Å². The topological polar surface area (TPSA) is 61.8 Å². The summed E-state index contributed by atoms with van der Waals surface area (Å²) < 4.78 is 28.8. The van der Waals surface area contributed by atoms with Gasteiger partial charge in [-0.1, -0.05) is 15.9 Å². The van der Waals surface area contributed by atoms with Gasteiger partial charge in [0.15, 0.2) is 18.4 Å². The standard InChI is InChI=1S/C10H14BrFO5/c1-4-8(16-5(2)13)9(17-6(3)14)7(12)10(11)15-4/h4,7-10H,1-3H3/t4-,7-,8+,9-,10?/m0/s1. The van der Waals surface area contributed by atoms with Crippen molar-refractivity contribution < 1.29 is 28.2 Å². The summed E-state index contributed by atoms with van der Waals surface area (Å²) in [6, 6.07) is 0. The Bertz CT molecular complexity index is 311. The van der Waals surface area contributed by atoms with Gasteiger partial charge in [-0.15, -0.1) is 0 Å². The highest BCUT2D eigenvalue weighted by molar-refractivity contribution is 9.09. The fourth-order valence-electron chi connectivity index (χ4n) is 1.63. The summed E-state index contributed by atoms with van der Waals surface area (Å²) in [6.45, 7) is 3.98. The molecule has 1 fully saturated rings. The molecule has 0 aromatic carbocycles. The molecule has 1 heterocycles. The number of esters is 2. The average Bonchev–Trinajstić information content (AvgIpc) is 2.19. The van der Waals surface area contributed by atoms with Crippen LogP contribution in [0.4, 0.5) is 4.39 Å². The Balaban J connectivity index is 2.86.